The minimum absolute atomic E-state index is 0.390. The van der Waals surface area contributed by atoms with Gasteiger partial charge in [-0.15, -0.1) is 22.7 Å². The molecule has 0 aliphatic carbocycles. The molecule has 7 rings (SSSR count). The van der Waals surface area contributed by atoms with E-state index in [0.29, 0.717) is 6.04 Å². The summed E-state index contributed by atoms with van der Waals surface area (Å²) in [5, 5.41) is 8.42. The van der Waals surface area contributed by atoms with Gasteiger partial charge in [-0.05, 0) is 32.0 Å². The minimum Gasteiger partial charge on any atom is -0.337 e. The number of rotatable bonds is 1. The van der Waals surface area contributed by atoms with Crippen molar-refractivity contribution in [2.45, 2.75) is 19.9 Å². The van der Waals surface area contributed by atoms with Crippen LogP contribution < -0.4 is 0 Å². The number of thiophene rings is 2. The lowest BCUT2D eigenvalue weighted by Gasteiger charge is -2.13. The summed E-state index contributed by atoms with van der Waals surface area (Å²) in [7, 11) is 0. The van der Waals surface area contributed by atoms with Gasteiger partial charge >= 0.3 is 0 Å². The Labute approximate surface area is 181 Å². The van der Waals surface area contributed by atoms with Crippen LogP contribution in [0, 0.1) is 0 Å². The molecule has 0 aliphatic heterocycles. The van der Waals surface area contributed by atoms with Crippen LogP contribution in [-0.4, -0.2) is 4.57 Å². The Kier molecular flexibility index (Phi) is 3.28. The lowest BCUT2D eigenvalue weighted by Crippen LogP contribution is -2.00. The second-order valence-electron chi connectivity index (χ2n) is 8.31. The summed E-state index contributed by atoms with van der Waals surface area (Å²) in [5.41, 5.74) is 2.74. The topological polar surface area (TPSA) is 4.93 Å². The van der Waals surface area contributed by atoms with E-state index in [1.54, 1.807) is 0 Å². The molecule has 0 unspecified atom stereocenters. The number of hydrogen-bond donors (Lipinski definition) is 0. The smallest absolute Gasteiger partial charge is 0.0603 e. The van der Waals surface area contributed by atoms with Gasteiger partial charge in [0, 0.05) is 62.7 Å². The molecule has 3 heteroatoms. The Morgan fingerprint density at radius 3 is 1.73 bits per heavy atom. The molecule has 3 aromatic heterocycles. The van der Waals surface area contributed by atoms with Gasteiger partial charge in [0.1, 0.15) is 0 Å². The molecule has 7 aromatic rings. The Hall–Kier alpha value is -2.88. The summed E-state index contributed by atoms with van der Waals surface area (Å²) >= 11 is 3.90. The fraction of sp³-hybridized carbons (Fsp3) is 0.111. The molecule has 0 saturated carbocycles. The molecular weight excluding hydrogens is 402 g/mol. The predicted octanol–water partition coefficient (Wildman–Crippen LogP) is 9.11. The van der Waals surface area contributed by atoms with Gasteiger partial charge in [0.05, 0.1) is 5.52 Å². The number of nitrogens with zero attached hydrogens (tertiary/aromatic N) is 1. The standard InChI is InChI=1S/C27H19NS2/c1-15(2)28-19-12-6-3-9-16(19)22-25(28)23-17-10-4-7-13-20(17)29-27(23)24-18-11-5-8-14-21(18)30-26(22)24/h3-15H,1-2H3. The van der Waals surface area contributed by atoms with Crippen LogP contribution in [0.4, 0.5) is 0 Å². The van der Waals surface area contributed by atoms with Crippen molar-refractivity contribution in [2.75, 3.05) is 0 Å². The minimum atomic E-state index is 0.390. The summed E-state index contributed by atoms with van der Waals surface area (Å²) in [4.78, 5) is 0. The third kappa shape index (κ3) is 1.97. The SMILES string of the molecule is CC(C)n1c2ccccc2c2c3sc4ccccc4c3c3sc4ccccc4c3c21. The normalized spacial score (nSPS) is 12.6. The summed E-state index contributed by atoms with van der Waals surface area (Å²) in [6, 6.07) is 27.2. The quantitative estimate of drug-likeness (QED) is 0.249. The Bertz CT molecular complexity index is 1750. The highest BCUT2D eigenvalue weighted by Gasteiger charge is 2.24. The molecule has 4 aromatic carbocycles. The second-order valence-corrected chi connectivity index (χ2v) is 10.4. The number of benzene rings is 4. The summed E-state index contributed by atoms with van der Waals surface area (Å²) in [5.74, 6) is 0. The molecule has 30 heavy (non-hydrogen) atoms. The van der Waals surface area contributed by atoms with Crippen LogP contribution in [0.25, 0.3) is 62.2 Å². The van der Waals surface area contributed by atoms with Crippen LogP contribution in [0.15, 0.2) is 72.8 Å². The largest absolute Gasteiger partial charge is 0.337 e. The van der Waals surface area contributed by atoms with E-state index in [4.69, 9.17) is 0 Å². The van der Waals surface area contributed by atoms with Crippen molar-refractivity contribution >= 4 is 84.8 Å². The van der Waals surface area contributed by atoms with Crippen molar-refractivity contribution in [3.05, 3.63) is 72.8 Å². The number of fused-ring (bicyclic) bond motifs is 12. The van der Waals surface area contributed by atoms with Gasteiger partial charge in [-0.25, -0.2) is 0 Å². The average Bonchev–Trinajstić information content (AvgIpc) is 3.42. The van der Waals surface area contributed by atoms with Crippen molar-refractivity contribution in [3.8, 4) is 0 Å². The van der Waals surface area contributed by atoms with Crippen molar-refractivity contribution in [1.29, 1.82) is 0 Å². The summed E-state index contributed by atoms with van der Waals surface area (Å²) in [6.07, 6.45) is 0. The number of para-hydroxylation sites is 1. The van der Waals surface area contributed by atoms with Crippen LogP contribution in [0.3, 0.4) is 0 Å². The number of hydrogen-bond acceptors (Lipinski definition) is 2. The first-order chi connectivity index (χ1) is 14.7. The highest BCUT2D eigenvalue weighted by Crippen LogP contribution is 2.51. The fourth-order valence-electron chi connectivity index (χ4n) is 5.18. The first-order valence-corrected chi connectivity index (χ1v) is 12.0. The lowest BCUT2D eigenvalue weighted by molar-refractivity contribution is 0.644. The highest BCUT2D eigenvalue weighted by molar-refractivity contribution is 7.30. The molecule has 3 heterocycles. The molecule has 1 nitrogen and oxygen atoms in total. The molecule has 0 aliphatic rings. The van der Waals surface area contributed by atoms with E-state index in [2.05, 4.69) is 91.2 Å². The third-order valence-corrected chi connectivity index (χ3v) is 8.69. The molecule has 0 amide bonds. The van der Waals surface area contributed by atoms with Crippen LogP contribution in [0.1, 0.15) is 19.9 Å². The molecule has 0 bridgehead atoms. The van der Waals surface area contributed by atoms with Crippen LogP contribution in [0.5, 0.6) is 0 Å². The maximum absolute atomic E-state index is 2.57. The fourth-order valence-corrected chi connectivity index (χ4v) is 7.78. The Balaban J connectivity index is 1.96. The lowest BCUT2D eigenvalue weighted by atomic mass is 10.0. The van der Waals surface area contributed by atoms with Crippen LogP contribution in [0.2, 0.25) is 0 Å². The number of aromatic nitrogens is 1. The van der Waals surface area contributed by atoms with Gasteiger partial charge in [-0.3, -0.25) is 0 Å². The molecule has 0 atom stereocenters. The molecule has 0 saturated heterocycles. The van der Waals surface area contributed by atoms with E-state index in [1.165, 1.54) is 62.2 Å². The second kappa shape index (κ2) is 5.84. The first kappa shape index (κ1) is 16.9. The van der Waals surface area contributed by atoms with E-state index in [9.17, 15) is 0 Å². The maximum atomic E-state index is 2.57. The molecular formula is C27H19NS2. The maximum Gasteiger partial charge on any atom is 0.0603 e. The van der Waals surface area contributed by atoms with E-state index in [-0.39, 0.29) is 0 Å². The van der Waals surface area contributed by atoms with Crippen molar-refractivity contribution < 1.29 is 0 Å². The van der Waals surface area contributed by atoms with E-state index in [1.807, 2.05) is 22.7 Å². The van der Waals surface area contributed by atoms with E-state index < -0.39 is 0 Å². The van der Waals surface area contributed by atoms with E-state index >= 15 is 0 Å². The molecule has 0 N–H and O–H groups in total. The average molecular weight is 422 g/mol. The van der Waals surface area contributed by atoms with Gasteiger partial charge in [0.15, 0.2) is 0 Å². The Morgan fingerprint density at radius 1 is 0.600 bits per heavy atom. The van der Waals surface area contributed by atoms with Gasteiger partial charge in [-0.2, -0.15) is 0 Å². The third-order valence-electron chi connectivity index (χ3n) is 6.31. The molecule has 0 radical (unpaired) electrons. The predicted molar refractivity (Wildman–Crippen MR) is 136 cm³/mol. The Morgan fingerprint density at radius 2 is 1.10 bits per heavy atom. The van der Waals surface area contributed by atoms with Gasteiger partial charge < -0.3 is 4.57 Å². The monoisotopic (exact) mass is 421 g/mol. The zero-order valence-electron chi connectivity index (χ0n) is 16.8. The zero-order chi connectivity index (χ0) is 20.0. The van der Waals surface area contributed by atoms with Crippen molar-refractivity contribution in [3.63, 3.8) is 0 Å². The van der Waals surface area contributed by atoms with Crippen LogP contribution in [-0.2, 0) is 0 Å². The molecule has 0 spiro atoms. The van der Waals surface area contributed by atoms with Crippen LogP contribution >= 0.6 is 22.7 Å². The van der Waals surface area contributed by atoms with Crippen molar-refractivity contribution in [2.24, 2.45) is 0 Å². The van der Waals surface area contributed by atoms with Gasteiger partial charge in [0.25, 0.3) is 0 Å². The zero-order valence-corrected chi connectivity index (χ0v) is 18.4. The molecule has 0 fully saturated rings. The first-order valence-electron chi connectivity index (χ1n) is 10.4. The summed E-state index contributed by atoms with van der Waals surface area (Å²) in [6.45, 7) is 4.61. The highest BCUT2D eigenvalue weighted by atomic mass is 32.1. The van der Waals surface area contributed by atoms with Gasteiger partial charge in [0.2, 0.25) is 0 Å². The van der Waals surface area contributed by atoms with E-state index in [0.717, 1.165) is 0 Å². The summed E-state index contributed by atoms with van der Waals surface area (Å²) < 4.78 is 8.18. The van der Waals surface area contributed by atoms with Crippen molar-refractivity contribution in [1.82, 2.24) is 4.57 Å². The van der Waals surface area contributed by atoms with Gasteiger partial charge in [-0.1, -0.05) is 54.6 Å². The molecule has 144 valence electrons.